The zero-order valence-corrected chi connectivity index (χ0v) is 24.0. The third-order valence-corrected chi connectivity index (χ3v) is 7.31. The second-order valence-electron chi connectivity index (χ2n) is 10.3. The molecule has 2 unspecified atom stereocenters. The van der Waals surface area contributed by atoms with Gasteiger partial charge in [-0.15, -0.1) is 11.3 Å². The Morgan fingerprint density at radius 3 is 2.47 bits per heavy atom. The molecule has 0 spiro atoms. The van der Waals surface area contributed by atoms with E-state index < -0.39 is 17.7 Å². The first-order valence-electron chi connectivity index (χ1n) is 13.2. The van der Waals surface area contributed by atoms with Gasteiger partial charge in [0.1, 0.15) is 18.2 Å². The van der Waals surface area contributed by atoms with Crippen molar-refractivity contribution in [2.45, 2.75) is 78.5 Å². The van der Waals surface area contributed by atoms with Crippen molar-refractivity contribution in [3.8, 4) is 17.2 Å². The van der Waals surface area contributed by atoms with Gasteiger partial charge in [0, 0.05) is 6.04 Å². The Morgan fingerprint density at radius 1 is 1.13 bits per heavy atom. The summed E-state index contributed by atoms with van der Waals surface area (Å²) in [6.45, 7) is 11.5. The van der Waals surface area contributed by atoms with Gasteiger partial charge in [-0.05, 0) is 76.1 Å². The van der Waals surface area contributed by atoms with E-state index in [0.29, 0.717) is 0 Å². The number of hydrogen-bond acceptors (Lipinski definition) is 6. The average molecular weight is 535 g/mol. The number of thiazole rings is 1. The summed E-state index contributed by atoms with van der Waals surface area (Å²) in [6, 6.07) is 16.5. The molecule has 1 saturated heterocycles. The van der Waals surface area contributed by atoms with Crippen LogP contribution in [0.15, 0.2) is 48.0 Å². The first-order chi connectivity index (χ1) is 18.2. The summed E-state index contributed by atoms with van der Waals surface area (Å²) in [4.78, 5) is 30.3. The van der Waals surface area contributed by atoms with Crippen LogP contribution in [0.2, 0.25) is 0 Å². The summed E-state index contributed by atoms with van der Waals surface area (Å²) in [5.41, 5.74) is 6.22. The number of nitrogens with one attached hydrogen (secondary N) is 1. The predicted molar refractivity (Wildman–Crippen MR) is 153 cm³/mol. The van der Waals surface area contributed by atoms with Crippen LogP contribution in [0.5, 0.6) is 0 Å². The number of amides is 2. The number of piperidine rings is 1. The molecule has 2 fully saturated rings. The average Bonchev–Trinajstić information content (AvgIpc) is 3.64. The van der Waals surface area contributed by atoms with E-state index in [9.17, 15) is 9.59 Å². The van der Waals surface area contributed by atoms with Gasteiger partial charge in [0.25, 0.3) is 0 Å². The van der Waals surface area contributed by atoms with Gasteiger partial charge in [-0.3, -0.25) is 9.69 Å². The van der Waals surface area contributed by atoms with Gasteiger partial charge in [-0.2, -0.15) is 5.26 Å². The number of nitriles is 1. The third kappa shape index (κ3) is 7.11. The van der Waals surface area contributed by atoms with Crippen LogP contribution >= 0.6 is 11.3 Å². The summed E-state index contributed by atoms with van der Waals surface area (Å²) in [5, 5.41) is 11.1. The molecule has 1 N–H and O–H groups in total. The molecule has 2 bridgehead atoms. The predicted octanol–water partition coefficient (Wildman–Crippen LogP) is 6.71. The van der Waals surface area contributed by atoms with E-state index in [-0.39, 0.29) is 24.4 Å². The van der Waals surface area contributed by atoms with E-state index in [1.165, 1.54) is 21.4 Å². The number of fused-ring (bicyclic) bond motifs is 3. The number of benzene rings is 2. The van der Waals surface area contributed by atoms with E-state index in [0.717, 1.165) is 24.8 Å². The number of ether oxygens (including phenoxy) is 1. The highest BCUT2D eigenvalue weighted by atomic mass is 32.1. The number of carbonyl (C=O) groups excluding carboxylic acids is 2. The second kappa shape index (κ2) is 12.9. The molecular formula is C30H38N4O3S. The van der Waals surface area contributed by atoms with Gasteiger partial charge in [0.15, 0.2) is 0 Å². The van der Waals surface area contributed by atoms with E-state index in [1.807, 2.05) is 46.2 Å². The molecular weight excluding hydrogens is 496 g/mol. The van der Waals surface area contributed by atoms with Gasteiger partial charge < -0.3 is 10.1 Å². The standard InChI is InChI=1S/C14H21N3O3.C14H11NS.C2H6/c1-14(2,3)20-13(19)17-10-5-4-9(8-10)11(17)12(18)16-7-6-15;1-10-2-4-11(5-3-10)12-6-7-13-14(8-12)16-9-15-13;1-2/h9-11H,4-5,7-8H2,1-3H3,(H,16,18);2-9H,1H3;1-2H3/t9?,10?,11-;;/m0../s1. The first kappa shape index (κ1) is 29.1. The second-order valence-corrected chi connectivity index (χ2v) is 11.2. The van der Waals surface area contributed by atoms with Gasteiger partial charge in [-0.1, -0.05) is 49.7 Å². The van der Waals surface area contributed by atoms with Crippen LogP contribution < -0.4 is 5.32 Å². The van der Waals surface area contributed by atoms with Crippen molar-refractivity contribution >= 4 is 33.6 Å². The lowest BCUT2D eigenvalue weighted by Crippen LogP contribution is -2.53. The molecule has 5 rings (SSSR count). The van der Waals surface area contributed by atoms with Crippen LogP contribution in [-0.4, -0.2) is 46.1 Å². The van der Waals surface area contributed by atoms with E-state index in [2.05, 4.69) is 59.7 Å². The smallest absolute Gasteiger partial charge is 0.411 e. The Morgan fingerprint density at radius 2 is 1.82 bits per heavy atom. The zero-order chi connectivity index (χ0) is 27.9. The van der Waals surface area contributed by atoms with Crippen LogP contribution in [0.1, 0.15) is 59.4 Å². The minimum absolute atomic E-state index is 0.0329. The maximum atomic E-state index is 12.3. The molecule has 0 radical (unpaired) electrons. The van der Waals surface area contributed by atoms with Crippen molar-refractivity contribution in [1.29, 1.82) is 5.26 Å². The topological polar surface area (TPSA) is 95.3 Å². The Hall–Kier alpha value is -3.44. The fraction of sp³-hybridized carbons (Fsp3) is 0.467. The number of nitrogens with zero attached hydrogens (tertiary/aromatic N) is 3. The number of likely N-dealkylation sites (tertiary alicyclic amines) is 1. The fourth-order valence-corrected chi connectivity index (χ4v) is 5.63. The molecule has 2 aromatic carbocycles. The van der Waals surface area contributed by atoms with Gasteiger partial charge in [0.05, 0.1) is 21.8 Å². The van der Waals surface area contributed by atoms with E-state index in [4.69, 9.17) is 10.00 Å². The highest BCUT2D eigenvalue weighted by Crippen LogP contribution is 2.43. The summed E-state index contributed by atoms with van der Waals surface area (Å²) < 4.78 is 6.65. The van der Waals surface area contributed by atoms with Crippen molar-refractivity contribution in [3.05, 3.63) is 53.5 Å². The van der Waals surface area contributed by atoms with Gasteiger partial charge in [-0.25, -0.2) is 9.78 Å². The zero-order valence-electron chi connectivity index (χ0n) is 23.2. The largest absolute Gasteiger partial charge is 0.444 e. The lowest BCUT2D eigenvalue weighted by Gasteiger charge is -2.35. The summed E-state index contributed by atoms with van der Waals surface area (Å²) >= 11 is 1.69. The summed E-state index contributed by atoms with van der Waals surface area (Å²) in [6.07, 6.45) is 2.30. The maximum absolute atomic E-state index is 12.3. The van der Waals surface area contributed by atoms with Gasteiger partial charge in [0.2, 0.25) is 5.91 Å². The number of aryl methyl sites for hydroxylation is 1. The molecule has 1 aliphatic carbocycles. The molecule has 1 aliphatic heterocycles. The van der Waals surface area contributed by atoms with Crippen molar-refractivity contribution < 1.29 is 14.3 Å². The van der Waals surface area contributed by atoms with Gasteiger partial charge >= 0.3 is 6.09 Å². The Bertz CT molecular complexity index is 1270. The molecule has 2 aliphatic rings. The van der Waals surface area contributed by atoms with Crippen LogP contribution in [-0.2, 0) is 9.53 Å². The Kier molecular flexibility index (Phi) is 9.87. The Labute approximate surface area is 229 Å². The lowest BCUT2D eigenvalue weighted by molar-refractivity contribution is -0.127. The summed E-state index contributed by atoms with van der Waals surface area (Å²) in [7, 11) is 0. The van der Waals surface area contributed by atoms with Crippen molar-refractivity contribution in [2.75, 3.05) is 6.54 Å². The number of aromatic nitrogens is 1. The summed E-state index contributed by atoms with van der Waals surface area (Å²) in [5.74, 6) is -0.0594. The minimum Gasteiger partial charge on any atom is -0.444 e. The molecule has 38 heavy (non-hydrogen) atoms. The minimum atomic E-state index is -0.577. The molecule has 1 saturated carbocycles. The molecule has 1 aromatic heterocycles. The molecule has 3 atom stereocenters. The van der Waals surface area contributed by atoms with Crippen LogP contribution in [0, 0.1) is 24.2 Å². The quantitative estimate of drug-likeness (QED) is 0.377. The molecule has 2 heterocycles. The lowest BCUT2D eigenvalue weighted by atomic mass is 9.98. The third-order valence-electron chi connectivity index (χ3n) is 6.52. The fourth-order valence-electron chi connectivity index (χ4n) is 4.91. The molecule has 3 aromatic rings. The van der Waals surface area contributed by atoms with Crippen molar-refractivity contribution in [3.63, 3.8) is 0 Å². The van der Waals surface area contributed by atoms with Crippen molar-refractivity contribution in [1.82, 2.24) is 15.2 Å². The number of hydrogen-bond donors (Lipinski definition) is 1. The van der Waals surface area contributed by atoms with Crippen LogP contribution in [0.4, 0.5) is 4.79 Å². The monoisotopic (exact) mass is 534 g/mol. The first-order valence-corrected chi connectivity index (χ1v) is 14.1. The molecule has 2 amide bonds. The Balaban J connectivity index is 0.000000201. The molecule has 7 nitrogen and oxygen atoms in total. The molecule has 8 heteroatoms. The van der Waals surface area contributed by atoms with E-state index >= 15 is 0 Å². The normalized spacial score (nSPS) is 19.5. The molecule has 202 valence electrons. The maximum Gasteiger partial charge on any atom is 0.411 e. The van der Waals surface area contributed by atoms with Crippen LogP contribution in [0.25, 0.3) is 21.3 Å². The highest BCUT2D eigenvalue weighted by molar-refractivity contribution is 7.16. The highest BCUT2D eigenvalue weighted by Gasteiger charge is 2.52. The SMILES string of the molecule is CC.CC(C)(C)OC(=O)N1C2CCC(C2)[C@H]1C(=O)NCC#N.Cc1ccc(-c2ccc3ncsc3c2)cc1. The van der Waals surface area contributed by atoms with Crippen molar-refractivity contribution in [2.24, 2.45) is 5.92 Å². The number of rotatable bonds is 3. The van der Waals surface area contributed by atoms with Crippen LogP contribution in [0.3, 0.4) is 0 Å². The number of carbonyl (C=O) groups is 2. The van der Waals surface area contributed by atoms with E-state index in [1.54, 1.807) is 16.2 Å².